The molecule has 0 atom stereocenters. The quantitative estimate of drug-likeness (QED) is 0.0543. The van der Waals surface area contributed by atoms with E-state index in [4.69, 9.17) is 0 Å². The van der Waals surface area contributed by atoms with Crippen molar-refractivity contribution in [3.63, 3.8) is 0 Å². The summed E-state index contributed by atoms with van der Waals surface area (Å²) in [5, 5.41) is 0. The second-order valence-electron chi connectivity index (χ2n) is 14.4. The second-order valence-corrected chi connectivity index (χ2v) is 32.7. The summed E-state index contributed by atoms with van der Waals surface area (Å²) in [5.74, 6) is 0. The Bertz CT molecular complexity index is 742. The summed E-state index contributed by atoms with van der Waals surface area (Å²) in [6.07, 6.45) is 36.0. The van der Waals surface area contributed by atoms with Crippen molar-refractivity contribution in [1.29, 1.82) is 0 Å². The van der Waals surface area contributed by atoms with Gasteiger partial charge in [0, 0.05) is 0 Å². The Balaban J connectivity index is 0.000000664. The summed E-state index contributed by atoms with van der Waals surface area (Å²) in [6.45, 7) is 9.40. The zero-order valence-electron chi connectivity index (χ0n) is 31.6. The van der Waals surface area contributed by atoms with Crippen molar-refractivity contribution in [3.05, 3.63) is 60.7 Å². The maximum absolute atomic E-state index is 2.35. The molecule has 0 saturated heterocycles. The molecule has 0 nitrogen and oxygen atoms in total. The first kappa shape index (κ1) is 44.1. The molecule has 2 aromatic carbocycles. The van der Waals surface area contributed by atoms with Gasteiger partial charge in [-0.3, -0.25) is 0 Å². The van der Waals surface area contributed by atoms with E-state index in [2.05, 4.69) is 88.4 Å². The van der Waals surface area contributed by atoms with Gasteiger partial charge in [-0.05, 0) is 0 Å². The van der Waals surface area contributed by atoms with Crippen LogP contribution in [-0.4, -0.2) is 39.5 Å². The number of hydrogen-bond donors (Lipinski definition) is 0. The van der Waals surface area contributed by atoms with E-state index in [9.17, 15) is 0 Å². The van der Waals surface area contributed by atoms with Gasteiger partial charge < -0.3 is 0 Å². The van der Waals surface area contributed by atoms with Gasteiger partial charge in [0.15, 0.2) is 0 Å². The monoisotopic (exact) mass is 846 g/mol. The van der Waals surface area contributed by atoms with Gasteiger partial charge in [0.1, 0.15) is 0 Å². The Labute approximate surface area is 304 Å². The predicted molar refractivity (Wildman–Crippen MR) is 216 cm³/mol. The van der Waals surface area contributed by atoms with Crippen molar-refractivity contribution in [2.24, 2.45) is 0 Å². The van der Waals surface area contributed by atoms with Crippen molar-refractivity contribution >= 4 is 46.7 Å². The fourth-order valence-corrected chi connectivity index (χ4v) is 25.8. The topological polar surface area (TPSA) is 0 Å². The molecule has 0 saturated carbocycles. The third-order valence-electron chi connectivity index (χ3n) is 10.1. The van der Waals surface area contributed by atoms with Crippen LogP contribution >= 0.6 is 0 Å². The van der Waals surface area contributed by atoms with Gasteiger partial charge >= 0.3 is 307 Å². The standard InChI is InChI=1S/4C8H17.2C6H5.2Sn/c4*1-3-5-7-8-6-4-2;2*1-2-4-6-5-3-1;;/h4*1,3-8H2,2H3;2*1-5H;;. The Kier molecular flexibility index (Phi) is 32.1. The SMILES string of the molecule is CCCCCCC[CH2][Sn]([CH2]CCCCCCC)([CH2]CCCCCCC)[CH2]CCCCCCC.c1cc[c]([Sn][c]2ccccc2)cc1. The van der Waals surface area contributed by atoms with Crippen LogP contribution in [0.4, 0.5) is 0 Å². The van der Waals surface area contributed by atoms with Crippen molar-refractivity contribution in [2.45, 2.75) is 200 Å². The number of unbranched alkanes of at least 4 members (excludes halogenated alkanes) is 20. The van der Waals surface area contributed by atoms with E-state index in [1.165, 1.54) is 110 Å². The molecule has 46 heavy (non-hydrogen) atoms. The third kappa shape index (κ3) is 26.0. The second kappa shape index (κ2) is 33.5. The van der Waals surface area contributed by atoms with Crippen LogP contribution in [-0.2, 0) is 0 Å². The summed E-state index contributed by atoms with van der Waals surface area (Å²) >= 11 is -2.49. The van der Waals surface area contributed by atoms with Crippen molar-refractivity contribution in [3.8, 4) is 0 Å². The number of hydrogen-bond acceptors (Lipinski definition) is 0. The van der Waals surface area contributed by atoms with Crippen LogP contribution in [0.1, 0.15) is 182 Å². The van der Waals surface area contributed by atoms with E-state index in [1.54, 1.807) is 69.1 Å². The molecule has 0 bridgehead atoms. The average Bonchev–Trinajstić information content (AvgIpc) is 3.08. The molecule has 0 aliphatic heterocycles. The van der Waals surface area contributed by atoms with Gasteiger partial charge in [-0.1, -0.05) is 0 Å². The first-order valence-corrected chi connectivity index (χ1v) is 31.5. The normalized spacial score (nSPS) is 11.4. The number of benzene rings is 2. The molecule has 0 aliphatic carbocycles. The molecule has 262 valence electrons. The van der Waals surface area contributed by atoms with Crippen LogP contribution in [0.3, 0.4) is 0 Å². The first-order valence-electron chi connectivity index (χ1n) is 20.6. The molecule has 0 spiro atoms. The fourth-order valence-electron chi connectivity index (χ4n) is 7.08. The van der Waals surface area contributed by atoms with Crippen LogP contribution in [0.5, 0.6) is 0 Å². The summed E-state index contributed by atoms with van der Waals surface area (Å²) in [7, 11) is 0. The summed E-state index contributed by atoms with van der Waals surface area (Å²) < 4.78 is 10.1. The predicted octanol–water partition coefficient (Wildman–Crippen LogP) is 14.2. The molecule has 2 aromatic rings. The fraction of sp³-hybridized carbons (Fsp3) is 0.727. The van der Waals surface area contributed by atoms with Crippen molar-refractivity contribution < 1.29 is 0 Å². The van der Waals surface area contributed by atoms with E-state index in [-0.39, 0.29) is 0 Å². The minimum absolute atomic E-state index is 0.517. The first-order chi connectivity index (χ1) is 22.7. The Morgan fingerprint density at radius 1 is 0.326 bits per heavy atom. The van der Waals surface area contributed by atoms with E-state index in [0.717, 1.165) is 0 Å². The van der Waals surface area contributed by atoms with E-state index < -0.39 is 39.5 Å². The maximum atomic E-state index is 2.35. The Morgan fingerprint density at radius 2 is 0.565 bits per heavy atom. The minimum atomic E-state index is -1.97. The molecular formula is C44H78Sn2. The molecule has 2 radical (unpaired) electrons. The van der Waals surface area contributed by atoms with E-state index in [0.29, 0.717) is 0 Å². The van der Waals surface area contributed by atoms with Gasteiger partial charge in [0.2, 0.25) is 0 Å². The van der Waals surface area contributed by atoms with Gasteiger partial charge in [-0.2, -0.15) is 0 Å². The Hall–Kier alpha value is 0.0374. The van der Waals surface area contributed by atoms with Crippen molar-refractivity contribution in [1.82, 2.24) is 0 Å². The molecule has 0 aromatic heterocycles. The van der Waals surface area contributed by atoms with Crippen LogP contribution in [0, 0.1) is 0 Å². The van der Waals surface area contributed by atoms with E-state index >= 15 is 0 Å². The molecule has 0 unspecified atom stereocenters. The van der Waals surface area contributed by atoms with Gasteiger partial charge in [-0.25, -0.2) is 0 Å². The third-order valence-corrected chi connectivity index (χ3v) is 29.8. The molecule has 0 aliphatic rings. The molecule has 2 rings (SSSR count). The van der Waals surface area contributed by atoms with Crippen LogP contribution in [0.15, 0.2) is 60.7 Å². The van der Waals surface area contributed by atoms with Crippen LogP contribution in [0.25, 0.3) is 0 Å². The molecule has 2 heteroatoms. The summed E-state index contributed by atoms with van der Waals surface area (Å²) in [6, 6.07) is 21.6. The van der Waals surface area contributed by atoms with E-state index in [1.807, 2.05) is 0 Å². The summed E-state index contributed by atoms with van der Waals surface area (Å²) in [4.78, 5) is 0. The zero-order valence-corrected chi connectivity index (χ0v) is 37.3. The molecule has 0 heterocycles. The molecular weight excluding hydrogens is 766 g/mol. The molecule has 0 fully saturated rings. The van der Waals surface area contributed by atoms with Gasteiger partial charge in [-0.15, -0.1) is 0 Å². The average molecular weight is 845 g/mol. The van der Waals surface area contributed by atoms with Crippen molar-refractivity contribution in [2.75, 3.05) is 0 Å². The van der Waals surface area contributed by atoms with Gasteiger partial charge in [0.25, 0.3) is 0 Å². The molecule has 0 amide bonds. The summed E-state index contributed by atoms with van der Waals surface area (Å²) in [5.41, 5.74) is 0. The zero-order chi connectivity index (χ0) is 33.2. The molecule has 0 N–H and O–H groups in total. The van der Waals surface area contributed by atoms with Crippen LogP contribution in [0.2, 0.25) is 17.7 Å². The van der Waals surface area contributed by atoms with Crippen LogP contribution < -0.4 is 7.16 Å². The number of rotatable bonds is 30. The Morgan fingerprint density at radius 3 is 0.826 bits per heavy atom. The van der Waals surface area contributed by atoms with Gasteiger partial charge in [0.05, 0.1) is 0 Å².